The Labute approximate surface area is 98.4 Å². The molecule has 1 aliphatic rings. The minimum atomic E-state index is 0.372. The van der Waals surface area contributed by atoms with Gasteiger partial charge in [0.25, 0.3) is 0 Å². The number of hydrogen-bond acceptors (Lipinski definition) is 4. The quantitative estimate of drug-likeness (QED) is 0.438. The maximum atomic E-state index is 9.42. The Balaban J connectivity index is 2.27. The van der Waals surface area contributed by atoms with E-state index in [-0.39, 0.29) is 0 Å². The molecular formula is C12H12N4O. The van der Waals surface area contributed by atoms with Crippen molar-refractivity contribution in [3.05, 3.63) is 54.2 Å². The van der Waals surface area contributed by atoms with Crippen molar-refractivity contribution in [2.45, 2.75) is 0 Å². The van der Waals surface area contributed by atoms with Gasteiger partial charge in [0.15, 0.2) is 5.49 Å². The first kappa shape index (κ1) is 11.1. The highest BCUT2D eigenvalue weighted by Gasteiger charge is 1.97. The number of rotatable bonds is 1. The lowest BCUT2D eigenvalue weighted by Gasteiger charge is -1.99. The zero-order valence-corrected chi connectivity index (χ0v) is 9.35. The molecule has 1 aliphatic carbocycles. The summed E-state index contributed by atoms with van der Waals surface area (Å²) in [6.07, 6.45) is 8.83. The molecule has 0 saturated carbocycles. The van der Waals surface area contributed by atoms with E-state index in [0.717, 1.165) is 10.4 Å². The molecule has 86 valence electrons. The Morgan fingerprint density at radius 3 is 2.35 bits per heavy atom. The fourth-order valence-corrected chi connectivity index (χ4v) is 1.28. The second-order valence-corrected chi connectivity index (χ2v) is 3.34. The van der Waals surface area contributed by atoms with Crippen LogP contribution in [0.4, 0.5) is 0 Å². The van der Waals surface area contributed by atoms with Gasteiger partial charge in [-0.25, -0.2) is 0 Å². The molecular weight excluding hydrogens is 216 g/mol. The fourth-order valence-electron chi connectivity index (χ4n) is 1.28. The third-order valence-electron chi connectivity index (χ3n) is 2.19. The summed E-state index contributed by atoms with van der Waals surface area (Å²) in [5.41, 5.74) is 1.97. The van der Waals surface area contributed by atoms with Gasteiger partial charge in [0.1, 0.15) is 0 Å². The lowest BCUT2D eigenvalue weighted by molar-refractivity contribution is 0.171. The van der Waals surface area contributed by atoms with Crippen LogP contribution >= 0.6 is 0 Å². The first-order valence-corrected chi connectivity index (χ1v) is 5.11. The van der Waals surface area contributed by atoms with Crippen LogP contribution in [-0.2, 0) is 0 Å². The lowest BCUT2D eigenvalue weighted by Crippen LogP contribution is -2.16. The number of hydrogen-bond donors (Lipinski definition) is 1. The molecule has 0 saturated heterocycles. The third kappa shape index (κ3) is 2.78. The summed E-state index contributed by atoms with van der Waals surface area (Å²) < 4.78 is 0.916. The first-order chi connectivity index (χ1) is 8.29. The predicted octanol–water partition coefficient (Wildman–Crippen LogP) is 1.18. The van der Waals surface area contributed by atoms with Gasteiger partial charge in [-0.15, -0.1) is 10.2 Å². The van der Waals surface area contributed by atoms with Gasteiger partial charge in [-0.1, -0.05) is 6.07 Å². The highest BCUT2D eigenvalue weighted by Crippen LogP contribution is 1.97. The molecule has 1 aromatic heterocycles. The summed E-state index contributed by atoms with van der Waals surface area (Å²) in [5.74, 6) is 0. The zero-order chi connectivity index (χ0) is 12.1. The number of pyridine rings is 1. The van der Waals surface area contributed by atoms with Crippen molar-refractivity contribution in [1.29, 1.82) is 0 Å². The maximum absolute atomic E-state index is 9.42. The molecule has 0 unspecified atom stereocenters. The Morgan fingerprint density at radius 2 is 1.71 bits per heavy atom. The minimum Gasteiger partial charge on any atom is -0.427 e. The zero-order valence-electron chi connectivity index (χ0n) is 9.35. The number of aromatic nitrogens is 1. The SMILES string of the molecule is CN=C1C=CC(=NN=c2ccccn2O)C=C1. The van der Waals surface area contributed by atoms with Crippen LogP contribution in [0.25, 0.3) is 0 Å². The molecule has 1 N–H and O–H groups in total. The monoisotopic (exact) mass is 228 g/mol. The van der Waals surface area contributed by atoms with Crippen LogP contribution < -0.4 is 5.49 Å². The minimum absolute atomic E-state index is 0.372. The van der Waals surface area contributed by atoms with E-state index in [4.69, 9.17) is 0 Å². The van der Waals surface area contributed by atoms with Gasteiger partial charge in [-0.2, -0.15) is 4.73 Å². The van der Waals surface area contributed by atoms with Crippen molar-refractivity contribution in [3.63, 3.8) is 0 Å². The van der Waals surface area contributed by atoms with E-state index in [1.807, 2.05) is 24.3 Å². The molecule has 0 amide bonds. The van der Waals surface area contributed by atoms with Crippen LogP contribution in [-0.4, -0.2) is 28.4 Å². The summed E-state index contributed by atoms with van der Waals surface area (Å²) >= 11 is 0. The van der Waals surface area contributed by atoms with Crippen LogP contribution in [0.2, 0.25) is 0 Å². The number of nitrogens with zero attached hydrogens (tertiary/aromatic N) is 4. The summed E-state index contributed by atoms with van der Waals surface area (Å²) in [7, 11) is 1.73. The average Bonchev–Trinajstić information content (AvgIpc) is 2.38. The van der Waals surface area contributed by atoms with Crippen LogP contribution in [0.3, 0.4) is 0 Å². The van der Waals surface area contributed by atoms with E-state index < -0.39 is 0 Å². The Kier molecular flexibility index (Phi) is 3.30. The normalized spacial score (nSPS) is 15.2. The molecule has 0 aliphatic heterocycles. The molecule has 0 aromatic carbocycles. The van der Waals surface area contributed by atoms with Gasteiger partial charge in [-0.05, 0) is 36.4 Å². The largest absolute Gasteiger partial charge is 0.427 e. The molecule has 5 heteroatoms. The first-order valence-electron chi connectivity index (χ1n) is 5.11. The standard InChI is InChI=1S/C12H12N4O/c1-13-10-5-7-11(8-6-10)14-15-12-4-2-3-9-16(12)17/h2-9,17H,1H3. The third-order valence-corrected chi connectivity index (χ3v) is 2.19. The average molecular weight is 228 g/mol. The van der Waals surface area contributed by atoms with Gasteiger partial charge >= 0.3 is 0 Å². The van der Waals surface area contributed by atoms with Crippen molar-refractivity contribution in [2.75, 3.05) is 7.05 Å². The topological polar surface area (TPSA) is 62.2 Å². The molecule has 0 atom stereocenters. The van der Waals surface area contributed by atoms with Crippen molar-refractivity contribution in [1.82, 2.24) is 4.73 Å². The molecule has 1 aromatic rings. The van der Waals surface area contributed by atoms with Gasteiger partial charge < -0.3 is 5.21 Å². The summed E-state index contributed by atoms with van der Waals surface area (Å²) in [5, 5.41) is 17.4. The highest BCUT2D eigenvalue weighted by atomic mass is 16.5. The van der Waals surface area contributed by atoms with Gasteiger partial charge in [-0.3, -0.25) is 4.99 Å². The lowest BCUT2D eigenvalue weighted by atomic mass is 10.1. The van der Waals surface area contributed by atoms with Crippen molar-refractivity contribution >= 4 is 11.4 Å². The second-order valence-electron chi connectivity index (χ2n) is 3.34. The molecule has 2 rings (SSSR count). The molecule has 1 heterocycles. The predicted molar refractivity (Wildman–Crippen MR) is 66.3 cm³/mol. The number of allylic oxidation sites excluding steroid dienone is 4. The van der Waals surface area contributed by atoms with Gasteiger partial charge in [0.2, 0.25) is 0 Å². The van der Waals surface area contributed by atoms with Gasteiger partial charge in [0.05, 0.1) is 11.4 Å². The molecule has 0 fully saturated rings. The summed E-state index contributed by atoms with van der Waals surface area (Å²) in [6.45, 7) is 0. The van der Waals surface area contributed by atoms with E-state index in [1.54, 1.807) is 25.2 Å². The Hall–Kier alpha value is -2.43. The van der Waals surface area contributed by atoms with Crippen LogP contribution in [0.1, 0.15) is 0 Å². The molecule has 0 radical (unpaired) electrons. The van der Waals surface area contributed by atoms with E-state index >= 15 is 0 Å². The highest BCUT2D eigenvalue weighted by molar-refractivity contribution is 6.18. The Morgan fingerprint density at radius 1 is 1.00 bits per heavy atom. The second kappa shape index (κ2) is 5.07. The van der Waals surface area contributed by atoms with Crippen molar-refractivity contribution in [2.24, 2.45) is 15.2 Å². The van der Waals surface area contributed by atoms with Crippen LogP contribution in [0.5, 0.6) is 0 Å². The molecule has 0 spiro atoms. The van der Waals surface area contributed by atoms with Crippen LogP contribution in [0.15, 0.2) is 63.9 Å². The smallest absolute Gasteiger partial charge is 0.189 e. The summed E-state index contributed by atoms with van der Waals surface area (Å²) in [6, 6.07) is 5.15. The molecule has 0 bridgehead atoms. The maximum Gasteiger partial charge on any atom is 0.189 e. The van der Waals surface area contributed by atoms with Gasteiger partial charge in [0, 0.05) is 13.2 Å². The molecule has 17 heavy (non-hydrogen) atoms. The van der Waals surface area contributed by atoms with E-state index in [1.165, 1.54) is 6.20 Å². The molecule has 5 nitrogen and oxygen atoms in total. The van der Waals surface area contributed by atoms with E-state index in [9.17, 15) is 5.21 Å². The number of aliphatic imine (C=N–C) groups is 1. The van der Waals surface area contributed by atoms with Crippen molar-refractivity contribution < 1.29 is 5.21 Å². The summed E-state index contributed by atoms with van der Waals surface area (Å²) in [4.78, 5) is 4.03. The van der Waals surface area contributed by atoms with E-state index in [2.05, 4.69) is 15.2 Å². The van der Waals surface area contributed by atoms with Crippen molar-refractivity contribution in [3.8, 4) is 0 Å². The Bertz CT molecular complexity index is 573. The van der Waals surface area contributed by atoms with E-state index in [0.29, 0.717) is 11.2 Å². The fraction of sp³-hybridized carbons (Fsp3) is 0.0833. The van der Waals surface area contributed by atoms with Crippen LogP contribution in [0, 0.1) is 0 Å².